The largest absolute Gasteiger partial charge is 0.456 e. The maximum atomic E-state index is 15.2. The van der Waals surface area contributed by atoms with Crippen molar-refractivity contribution < 1.29 is 17.7 Å². The van der Waals surface area contributed by atoms with Crippen molar-refractivity contribution in [1.29, 1.82) is 0 Å². The molecule has 13 aromatic rings. The fourth-order valence-corrected chi connectivity index (χ4v) is 9.43. The smallest absolute Gasteiger partial charge is 0.198 e. The van der Waals surface area contributed by atoms with Gasteiger partial charge in [-0.25, -0.2) is 0 Å². The van der Waals surface area contributed by atoms with Gasteiger partial charge in [-0.15, -0.1) is 0 Å². The molecule has 0 fully saturated rings. The Morgan fingerprint density at radius 1 is 0.355 bits per heavy atom. The van der Waals surface area contributed by atoms with Crippen LogP contribution < -0.4 is 10.9 Å². The van der Waals surface area contributed by atoms with E-state index < -0.39 is 0 Å². The van der Waals surface area contributed by atoms with Gasteiger partial charge in [0.1, 0.15) is 45.4 Å². The Morgan fingerprint density at radius 2 is 0.677 bits per heavy atom. The van der Waals surface area contributed by atoms with Gasteiger partial charge in [-0.3, -0.25) is 9.59 Å². The van der Waals surface area contributed by atoms with Gasteiger partial charge in [0.15, 0.2) is 10.9 Å². The maximum absolute atomic E-state index is 15.2. The molecule has 294 valence electrons. The summed E-state index contributed by atoms with van der Waals surface area (Å²) in [7, 11) is 3.87. The highest BCUT2D eigenvalue weighted by atomic mass is 16.3. The molecule has 0 spiro atoms. The van der Waals surface area contributed by atoms with E-state index in [1.165, 1.54) is 0 Å². The summed E-state index contributed by atoms with van der Waals surface area (Å²) in [5.41, 5.74) is 8.08. The SMILES string of the molecule is Cn1c2cc3c(=O)c4c(-c5cc6ccccc6o5)cc(-c5cc6ccccc6o5)cc4n(C)c3cc2c(=O)c2c(-c3cc4ccccc4o3)cc(-c3cc4ccccc4o3)cc21. The summed E-state index contributed by atoms with van der Waals surface area (Å²) in [6.07, 6.45) is 0. The molecule has 0 bridgehead atoms. The zero-order valence-electron chi connectivity index (χ0n) is 33.4. The van der Waals surface area contributed by atoms with Crippen molar-refractivity contribution in [2.45, 2.75) is 0 Å². The van der Waals surface area contributed by atoms with Crippen LogP contribution in [0.2, 0.25) is 0 Å². The number of aromatic nitrogens is 2. The van der Waals surface area contributed by atoms with Crippen LogP contribution in [0.5, 0.6) is 0 Å². The highest BCUT2D eigenvalue weighted by molar-refractivity contribution is 6.10. The number of furan rings is 4. The van der Waals surface area contributed by atoms with Gasteiger partial charge in [-0.2, -0.15) is 0 Å². The monoisotopic (exact) mass is 804 g/mol. The molecule has 7 aromatic carbocycles. The molecule has 0 aliphatic heterocycles. The number of nitrogens with zero attached hydrogens (tertiary/aromatic N) is 2. The molecule has 0 amide bonds. The number of fused-ring (bicyclic) bond motifs is 8. The fraction of sp³-hybridized carbons (Fsp3) is 0.0370. The number of para-hydroxylation sites is 4. The molecular weight excluding hydrogens is 773 g/mol. The maximum Gasteiger partial charge on any atom is 0.198 e. The van der Waals surface area contributed by atoms with Crippen LogP contribution in [-0.4, -0.2) is 9.13 Å². The van der Waals surface area contributed by atoms with E-state index in [2.05, 4.69) is 0 Å². The van der Waals surface area contributed by atoms with Gasteiger partial charge in [0.2, 0.25) is 0 Å². The van der Waals surface area contributed by atoms with Gasteiger partial charge >= 0.3 is 0 Å². The summed E-state index contributed by atoms with van der Waals surface area (Å²) < 4.78 is 29.7. The molecule has 8 nitrogen and oxygen atoms in total. The van der Waals surface area contributed by atoms with Gasteiger partial charge in [0.25, 0.3) is 0 Å². The summed E-state index contributed by atoms with van der Waals surface area (Å²) in [6, 6.07) is 51.1. The Labute approximate surface area is 350 Å². The third kappa shape index (κ3) is 4.95. The summed E-state index contributed by atoms with van der Waals surface area (Å²) >= 11 is 0. The van der Waals surface area contributed by atoms with Gasteiger partial charge < -0.3 is 26.8 Å². The van der Waals surface area contributed by atoms with E-state index in [-0.39, 0.29) is 10.9 Å². The summed E-state index contributed by atoms with van der Waals surface area (Å²) in [4.78, 5) is 30.4. The lowest BCUT2D eigenvalue weighted by molar-refractivity contribution is 0.629. The number of pyridine rings is 2. The average Bonchev–Trinajstić information content (AvgIpc) is 4.13. The first-order valence-electron chi connectivity index (χ1n) is 20.4. The lowest BCUT2D eigenvalue weighted by Gasteiger charge is -2.17. The first-order valence-corrected chi connectivity index (χ1v) is 20.4. The fourth-order valence-electron chi connectivity index (χ4n) is 9.43. The van der Waals surface area contributed by atoms with E-state index in [0.717, 1.165) is 55.0 Å². The minimum absolute atomic E-state index is 0.173. The molecule has 0 N–H and O–H groups in total. The molecule has 0 aliphatic rings. The van der Waals surface area contributed by atoms with Crippen LogP contribution in [0, 0.1) is 0 Å². The summed E-state index contributed by atoms with van der Waals surface area (Å²) in [5.74, 6) is 2.47. The Kier molecular flexibility index (Phi) is 7.00. The van der Waals surface area contributed by atoms with Crippen molar-refractivity contribution in [2.75, 3.05) is 0 Å². The first-order chi connectivity index (χ1) is 30.3. The predicted molar refractivity (Wildman–Crippen MR) is 248 cm³/mol. The number of aryl methyl sites for hydroxylation is 2. The molecule has 0 saturated heterocycles. The Morgan fingerprint density at radius 3 is 1.03 bits per heavy atom. The normalized spacial score (nSPS) is 12.2. The van der Waals surface area contributed by atoms with Crippen LogP contribution in [0.25, 0.3) is 133 Å². The van der Waals surface area contributed by atoms with Crippen molar-refractivity contribution in [3.63, 3.8) is 0 Å². The zero-order chi connectivity index (χ0) is 41.4. The van der Waals surface area contributed by atoms with Crippen LogP contribution in [0.3, 0.4) is 0 Å². The van der Waals surface area contributed by atoms with E-state index in [1.807, 2.05) is 181 Å². The summed E-state index contributed by atoms with van der Waals surface area (Å²) in [5, 5.41) is 5.76. The molecule has 0 saturated carbocycles. The highest BCUT2D eigenvalue weighted by Crippen LogP contribution is 2.41. The van der Waals surface area contributed by atoms with E-state index in [9.17, 15) is 0 Å². The third-order valence-corrected chi connectivity index (χ3v) is 12.5. The van der Waals surface area contributed by atoms with Crippen LogP contribution in [0.4, 0.5) is 0 Å². The highest BCUT2D eigenvalue weighted by Gasteiger charge is 2.24. The second-order valence-electron chi connectivity index (χ2n) is 16.1. The van der Waals surface area contributed by atoms with Crippen molar-refractivity contribution in [2.24, 2.45) is 14.1 Å². The zero-order valence-corrected chi connectivity index (χ0v) is 33.4. The van der Waals surface area contributed by atoms with Crippen LogP contribution in [0.1, 0.15) is 0 Å². The minimum Gasteiger partial charge on any atom is -0.456 e. The standard InChI is InChI=1S/C54H32N2O6/c1-55-39-27-36-40(56(2)42-22-34(48-24-30-12-4-8-16-44(30)60-48)20-38(52(42)54(36)58)50-26-32-14-6-10-18-46(32)62-50)28-35(39)53(57)51-37(49-25-31-13-5-9-17-45(31)61-49)19-33(21-41(51)55)47-23-29-11-3-7-15-43(29)59-47/h3-28H,1-2H3. The molecule has 8 heteroatoms. The number of rotatable bonds is 4. The number of hydrogen-bond donors (Lipinski definition) is 0. The van der Waals surface area contributed by atoms with Crippen LogP contribution in [-0.2, 0) is 14.1 Å². The Balaban J connectivity index is 1.12. The van der Waals surface area contributed by atoms with Crippen molar-refractivity contribution >= 4 is 87.5 Å². The van der Waals surface area contributed by atoms with E-state index in [4.69, 9.17) is 17.7 Å². The number of hydrogen-bond acceptors (Lipinski definition) is 6. The van der Waals surface area contributed by atoms with Gasteiger partial charge in [0.05, 0.1) is 32.8 Å². The second kappa shape index (κ2) is 12.6. The molecule has 0 atom stereocenters. The van der Waals surface area contributed by atoms with E-state index in [1.54, 1.807) is 0 Å². The molecule has 0 unspecified atom stereocenters. The quantitative estimate of drug-likeness (QED) is 0.164. The second-order valence-corrected chi connectivity index (χ2v) is 16.1. The molecular formula is C54H32N2O6. The number of benzene rings is 7. The summed E-state index contributed by atoms with van der Waals surface area (Å²) in [6.45, 7) is 0. The lowest BCUT2D eigenvalue weighted by Crippen LogP contribution is -2.14. The van der Waals surface area contributed by atoms with E-state index >= 15 is 9.59 Å². The van der Waals surface area contributed by atoms with E-state index in [0.29, 0.717) is 77.8 Å². The van der Waals surface area contributed by atoms with Gasteiger partial charge in [-0.05, 0) is 84.9 Å². The molecule has 0 aliphatic carbocycles. The van der Waals surface area contributed by atoms with Gasteiger partial charge in [0, 0.05) is 68.7 Å². The molecule has 62 heavy (non-hydrogen) atoms. The lowest BCUT2D eigenvalue weighted by atomic mass is 9.96. The third-order valence-electron chi connectivity index (χ3n) is 12.5. The Bertz CT molecular complexity index is 3780. The topological polar surface area (TPSA) is 96.6 Å². The molecule has 0 radical (unpaired) electrons. The van der Waals surface area contributed by atoms with Crippen molar-refractivity contribution in [3.05, 3.63) is 178 Å². The first kappa shape index (κ1) is 34.5. The van der Waals surface area contributed by atoms with Gasteiger partial charge in [-0.1, -0.05) is 72.8 Å². The molecule has 6 heterocycles. The Hall–Kier alpha value is -8.36. The van der Waals surface area contributed by atoms with Crippen molar-refractivity contribution in [3.8, 4) is 45.3 Å². The van der Waals surface area contributed by atoms with Crippen LogP contribution >= 0.6 is 0 Å². The molecule has 13 rings (SSSR count). The van der Waals surface area contributed by atoms with Crippen LogP contribution in [0.15, 0.2) is 185 Å². The minimum atomic E-state index is -0.173. The molecule has 6 aromatic heterocycles. The average molecular weight is 805 g/mol. The van der Waals surface area contributed by atoms with Crippen molar-refractivity contribution in [1.82, 2.24) is 9.13 Å². The predicted octanol–water partition coefficient (Wildman–Crippen LogP) is 13.3.